The third-order valence-corrected chi connectivity index (χ3v) is 14.3. The molecule has 0 bridgehead atoms. The second-order valence-corrected chi connectivity index (χ2v) is 15.9. The molecule has 0 aromatic rings. The van der Waals surface area contributed by atoms with Crippen molar-refractivity contribution in [1.29, 1.82) is 0 Å². The molecule has 4 saturated carbocycles. The predicted molar refractivity (Wildman–Crippen MR) is 157 cm³/mol. The number of fused-ring (bicyclic) bond motifs is 7. The third kappa shape index (κ3) is 3.48. The van der Waals surface area contributed by atoms with E-state index in [0.29, 0.717) is 48.6 Å². The van der Waals surface area contributed by atoms with Gasteiger partial charge in [0.1, 0.15) is 0 Å². The Morgan fingerprint density at radius 2 is 1.65 bits per heavy atom. The van der Waals surface area contributed by atoms with Crippen molar-refractivity contribution < 1.29 is 19.1 Å². The number of hydrogen-bond acceptors (Lipinski definition) is 5. The third-order valence-electron chi connectivity index (χ3n) is 14.3. The van der Waals surface area contributed by atoms with Crippen LogP contribution in [0.5, 0.6) is 0 Å². The van der Waals surface area contributed by atoms with Crippen molar-refractivity contribution in [3.8, 4) is 0 Å². The number of ketones is 1. The number of carbonyl (C=O) groups is 2. The van der Waals surface area contributed by atoms with Gasteiger partial charge in [-0.05, 0) is 104 Å². The molecule has 6 rings (SSSR count). The molecule has 9 atom stereocenters. The lowest BCUT2D eigenvalue weighted by molar-refractivity contribution is -0.222. The van der Waals surface area contributed by atoms with Gasteiger partial charge in [0.25, 0.3) is 0 Å². The van der Waals surface area contributed by atoms with E-state index in [1.807, 2.05) is 0 Å². The number of Topliss-reactive ketones (excluding diaryl/α,β-unsaturated/α-hetero) is 1. The maximum absolute atomic E-state index is 14.0. The summed E-state index contributed by atoms with van der Waals surface area (Å²) in [4.78, 5) is 29.8. The fourth-order valence-electron chi connectivity index (χ4n) is 12.2. The first-order valence-electron chi connectivity index (χ1n) is 16.1. The van der Waals surface area contributed by atoms with E-state index >= 15 is 0 Å². The van der Waals surface area contributed by atoms with Crippen LogP contribution in [0.4, 0.5) is 0 Å². The van der Waals surface area contributed by atoms with Gasteiger partial charge >= 0.3 is 5.97 Å². The highest BCUT2D eigenvalue weighted by Crippen LogP contribution is 2.77. The van der Waals surface area contributed by atoms with Crippen LogP contribution in [0, 0.1) is 56.7 Å². The van der Waals surface area contributed by atoms with Gasteiger partial charge in [0, 0.05) is 18.5 Å². The van der Waals surface area contributed by atoms with Crippen LogP contribution in [-0.2, 0) is 19.1 Å². The summed E-state index contributed by atoms with van der Waals surface area (Å²) in [7, 11) is 1.58. The molecule has 0 amide bonds. The number of hydrogen-bond donors (Lipinski definition) is 0. The highest BCUT2D eigenvalue weighted by Gasteiger charge is 2.72. The zero-order chi connectivity index (χ0) is 28.9. The summed E-state index contributed by atoms with van der Waals surface area (Å²) in [6, 6.07) is 0. The molecule has 1 heterocycles. The summed E-state index contributed by atoms with van der Waals surface area (Å²) in [5, 5.41) is 0. The van der Waals surface area contributed by atoms with Crippen LogP contribution in [-0.4, -0.2) is 50.1 Å². The Morgan fingerprint density at radius 3 is 2.30 bits per heavy atom. The van der Waals surface area contributed by atoms with Gasteiger partial charge in [-0.2, -0.15) is 0 Å². The van der Waals surface area contributed by atoms with Gasteiger partial charge in [0.15, 0.2) is 5.78 Å². The minimum Gasteiger partial charge on any atom is -0.469 e. The van der Waals surface area contributed by atoms with E-state index in [1.165, 1.54) is 5.57 Å². The quantitative estimate of drug-likeness (QED) is 0.285. The Hall–Kier alpha value is -1.62. The lowest BCUT2D eigenvalue weighted by Gasteiger charge is -2.71. The molecule has 1 unspecified atom stereocenters. The molecule has 5 heteroatoms. The summed E-state index contributed by atoms with van der Waals surface area (Å²) in [5.74, 6) is 2.43. The van der Waals surface area contributed by atoms with Gasteiger partial charge in [-0.1, -0.05) is 52.8 Å². The molecule has 0 spiro atoms. The lowest BCUT2D eigenvalue weighted by Crippen LogP contribution is -2.66. The summed E-state index contributed by atoms with van der Waals surface area (Å²) in [6.07, 6.45) is 11.0. The highest BCUT2D eigenvalue weighted by atomic mass is 16.5. The molecule has 0 N–H and O–H groups in total. The van der Waals surface area contributed by atoms with Crippen LogP contribution in [0.1, 0.15) is 92.9 Å². The van der Waals surface area contributed by atoms with Crippen molar-refractivity contribution in [2.75, 3.05) is 33.4 Å². The normalized spacial score (nSPS) is 47.8. The lowest BCUT2D eigenvalue weighted by atomic mass is 9.33. The van der Waals surface area contributed by atoms with Crippen molar-refractivity contribution in [2.24, 2.45) is 56.7 Å². The van der Waals surface area contributed by atoms with Crippen molar-refractivity contribution >= 4 is 11.8 Å². The largest absolute Gasteiger partial charge is 0.469 e. The smallest absolute Gasteiger partial charge is 0.312 e. The summed E-state index contributed by atoms with van der Waals surface area (Å²) >= 11 is 0. The number of rotatable bonds is 3. The average Bonchev–Trinajstić information content (AvgIpc) is 3.32. The van der Waals surface area contributed by atoms with E-state index in [1.54, 1.807) is 7.11 Å². The molecular weight excluding hydrogens is 498 g/mol. The van der Waals surface area contributed by atoms with Crippen LogP contribution < -0.4 is 0 Å². The number of ether oxygens (including phenoxy) is 2. The van der Waals surface area contributed by atoms with E-state index < -0.39 is 0 Å². The van der Waals surface area contributed by atoms with Gasteiger partial charge in [-0.25, -0.2) is 0 Å². The Morgan fingerprint density at radius 1 is 0.950 bits per heavy atom. The van der Waals surface area contributed by atoms with E-state index in [9.17, 15) is 9.59 Å². The predicted octanol–water partition coefficient (Wildman–Crippen LogP) is 6.82. The summed E-state index contributed by atoms with van der Waals surface area (Å²) in [5.41, 5.74) is 1.72. The Bertz CT molecular complexity index is 1130. The highest BCUT2D eigenvalue weighted by molar-refractivity contribution is 6.00. The molecule has 5 nitrogen and oxygen atoms in total. The molecule has 40 heavy (non-hydrogen) atoms. The second-order valence-electron chi connectivity index (χ2n) is 15.9. The molecule has 6 aliphatic rings. The van der Waals surface area contributed by atoms with Gasteiger partial charge < -0.3 is 14.4 Å². The zero-order valence-corrected chi connectivity index (χ0v) is 26.2. The second kappa shape index (κ2) is 9.19. The van der Waals surface area contributed by atoms with Gasteiger partial charge in [0.05, 0.1) is 31.4 Å². The van der Waals surface area contributed by atoms with Crippen molar-refractivity contribution in [2.45, 2.75) is 92.9 Å². The van der Waals surface area contributed by atoms with Crippen LogP contribution in [0.3, 0.4) is 0 Å². The number of nitrogens with zero attached hydrogens (tertiary/aromatic N) is 1. The van der Waals surface area contributed by atoms with Crippen LogP contribution >= 0.6 is 0 Å². The Balaban J connectivity index is 1.43. The van der Waals surface area contributed by atoms with Gasteiger partial charge in [-0.3, -0.25) is 9.59 Å². The monoisotopic (exact) mass is 551 g/mol. The first-order valence-corrected chi connectivity index (χ1v) is 16.1. The fraction of sp³-hybridized carbons (Fsp3) is 0.829. The minimum absolute atomic E-state index is 0.0249. The van der Waals surface area contributed by atoms with Crippen LogP contribution in [0.2, 0.25) is 0 Å². The summed E-state index contributed by atoms with van der Waals surface area (Å²) < 4.78 is 11.2. The zero-order valence-electron chi connectivity index (χ0n) is 26.2. The van der Waals surface area contributed by atoms with Gasteiger partial charge in [0.2, 0.25) is 0 Å². The standard InChI is InChI=1S/C35H53NO4/c1-22(2)23-11-14-35(30(38)39-8)16-15-33(6)24(28(23)35)9-10-27-32(5)21-25(36-17-19-40-20-18-36)29(37)31(3,4)26(32)12-13-34(27,33)7/h21,23-24,26-28H,1,9-20H2,2-8H3/t23-,24+,26-,27+,28+,32-,33+,34+,35?/m0/s1. The molecule has 0 radical (unpaired) electrons. The van der Waals surface area contributed by atoms with E-state index in [4.69, 9.17) is 9.47 Å². The van der Waals surface area contributed by atoms with E-state index in [-0.39, 0.29) is 33.0 Å². The molecule has 0 aromatic heterocycles. The molecule has 5 aliphatic carbocycles. The van der Waals surface area contributed by atoms with Crippen molar-refractivity contribution in [1.82, 2.24) is 4.90 Å². The van der Waals surface area contributed by atoms with Gasteiger partial charge in [-0.15, -0.1) is 0 Å². The molecule has 222 valence electrons. The number of allylic oxidation sites excluding steroid dienone is 3. The number of carbonyl (C=O) groups excluding carboxylic acids is 2. The molecule has 1 aliphatic heterocycles. The number of methoxy groups -OCH3 is 1. The first kappa shape index (κ1) is 28.5. The summed E-state index contributed by atoms with van der Waals surface area (Å²) in [6.45, 7) is 21.8. The number of esters is 1. The molecular formula is C35H53NO4. The van der Waals surface area contributed by atoms with Crippen molar-refractivity contribution in [3.63, 3.8) is 0 Å². The average molecular weight is 552 g/mol. The fourth-order valence-corrected chi connectivity index (χ4v) is 12.2. The van der Waals surface area contributed by atoms with Crippen molar-refractivity contribution in [3.05, 3.63) is 23.9 Å². The maximum Gasteiger partial charge on any atom is 0.312 e. The maximum atomic E-state index is 14.0. The topological polar surface area (TPSA) is 55.8 Å². The number of morpholine rings is 1. The molecule has 0 aromatic carbocycles. The van der Waals surface area contributed by atoms with E-state index in [0.717, 1.165) is 70.2 Å². The molecule has 5 fully saturated rings. The van der Waals surface area contributed by atoms with Crippen LogP contribution in [0.15, 0.2) is 23.9 Å². The van der Waals surface area contributed by atoms with Crippen LogP contribution in [0.25, 0.3) is 0 Å². The first-order chi connectivity index (χ1) is 18.8. The Labute approximate surface area is 242 Å². The molecule has 1 saturated heterocycles. The minimum atomic E-state index is -0.376. The van der Waals surface area contributed by atoms with E-state index in [2.05, 4.69) is 59.1 Å². The Kier molecular flexibility index (Phi) is 6.55. The SMILES string of the molecule is C=C(C)[C@@H]1CCC2(C(=O)OC)CC[C@]3(C)[C@H](CC[C@@H]4[C@@]5(C)C=C(N6CCOCC6)C(=O)C(C)(C)[C@@H]5CC[C@]43C)[C@@H]12.